The van der Waals surface area contributed by atoms with E-state index in [1.54, 1.807) is 7.11 Å². The number of aliphatic hydroxyl groups excluding tert-OH is 1. The molecular weight excluding hydrogens is 298 g/mol. The first-order valence-corrected chi connectivity index (χ1v) is 7.77. The molecule has 124 valence electrons. The van der Waals surface area contributed by atoms with Gasteiger partial charge in [-0.2, -0.15) is 0 Å². The number of ether oxygens (including phenoxy) is 3. The van der Waals surface area contributed by atoms with Crippen molar-refractivity contribution in [2.75, 3.05) is 13.7 Å². The van der Waals surface area contributed by atoms with Crippen LogP contribution in [-0.2, 0) is 22.7 Å². The SMILES string of the molecule is COc1ccc(-c2nc(COC3CCCCO3)c(CO)o2)cc1. The smallest absolute Gasteiger partial charge is 0.226 e. The molecule has 0 spiro atoms. The van der Waals surface area contributed by atoms with Crippen molar-refractivity contribution in [3.05, 3.63) is 35.7 Å². The zero-order valence-electron chi connectivity index (χ0n) is 13.2. The lowest BCUT2D eigenvalue weighted by molar-refractivity contribution is -0.169. The van der Waals surface area contributed by atoms with E-state index in [-0.39, 0.29) is 19.5 Å². The Bertz CT molecular complexity index is 616. The van der Waals surface area contributed by atoms with E-state index in [1.165, 1.54) is 0 Å². The molecule has 0 amide bonds. The number of hydrogen-bond donors (Lipinski definition) is 1. The fourth-order valence-corrected chi connectivity index (χ4v) is 2.49. The van der Waals surface area contributed by atoms with Crippen LogP contribution in [-0.4, -0.2) is 30.1 Å². The largest absolute Gasteiger partial charge is 0.497 e. The molecule has 0 bridgehead atoms. The van der Waals surface area contributed by atoms with Crippen molar-refractivity contribution in [1.29, 1.82) is 0 Å². The lowest BCUT2D eigenvalue weighted by atomic mass is 10.2. The molecule has 0 saturated carbocycles. The standard InChI is InChI=1S/C17H21NO5/c1-20-13-7-5-12(6-8-13)17-18-14(15(10-19)23-17)11-22-16-4-2-3-9-21-16/h5-8,16,19H,2-4,9-11H2,1H3. The van der Waals surface area contributed by atoms with E-state index in [9.17, 15) is 5.11 Å². The summed E-state index contributed by atoms with van der Waals surface area (Å²) >= 11 is 0. The number of oxazole rings is 1. The number of aromatic nitrogens is 1. The van der Waals surface area contributed by atoms with Gasteiger partial charge in [0, 0.05) is 12.2 Å². The molecule has 1 aliphatic heterocycles. The quantitative estimate of drug-likeness (QED) is 0.882. The van der Waals surface area contributed by atoms with Gasteiger partial charge >= 0.3 is 0 Å². The zero-order chi connectivity index (χ0) is 16.1. The first kappa shape index (κ1) is 16.0. The average molecular weight is 319 g/mol. The average Bonchev–Trinajstić information content (AvgIpc) is 3.04. The van der Waals surface area contributed by atoms with Crippen molar-refractivity contribution in [1.82, 2.24) is 4.98 Å². The van der Waals surface area contributed by atoms with Crippen LogP contribution in [0.25, 0.3) is 11.5 Å². The summed E-state index contributed by atoms with van der Waals surface area (Å²) in [5, 5.41) is 9.46. The fraction of sp³-hybridized carbons (Fsp3) is 0.471. The van der Waals surface area contributed by atoms with Gasteiger partial charge in [0.15, 0.2) is 12.1 Å². The Morgan fingerprint density at radius 1 is 1.26 bits per heavy atom. The minimum atomic E-state index is -0.215. The Hall–Kier alpha value is -1.89. The normalized spacial score (nSPS) is 18.1. The highest BCUT2D eigenvalue weighted by Gasteiger charge is 2.18. The Balaban J connectivity index is 1.71. The molecule has 1 unspecified atom stereocenters. The number of rotatable bonds is 6. The molecule has 1 saturated heterocycles. The molecule has 2 aromatic rings. The van der Waals surface area contributed by atoms with Crippen molar-refractivity contribution in [3.8, 4) is 17.2 Å². The highest BCUT2D eigenvalue weighted by molar-refractivity contribution is 5.55. The van der Waals surface area contributed by atoms with E-state index in [0.29, 0.717) is 17.3 Å². The molecular formula is C17H21NO5. The van der Waals surface area contributed by atoms with E-state index in [1.807, 2.05) is 24.3 Å². The summed E-state index contributed by atoms with van der Waals surface area (Å²) in [5.41, 5.74) is 1.42. The van der Waals surface area contributed by atoms with Crippen LogP contribution in [0.4, 0.5) is 0 Å². The minimum absolute atomic E-state index is 0.198. The van der Waals surface area contributed by atoms with Crippen LogP contribution in [0.15, 0.2) is 28.7 Å². The molecule has 23 heavy (non-hydrogen) atoms. The van der Waals surface area contributed by atoms with E-state index in [2.05, 4.69) is 4.98 Å². The molecule has 0 aliphatic carbocycles. The Morgan fingerprint density at radius 3 is 2.74 bits per heavy atom. The minimum Gasteiger partial charge on any atom is -0.497 e. The van der Waals surface area contributed by atoms with Crippen LogP contribution in [0.1, 0.15) is 30.7 Å². The molecule has 6 heteroatoms. The van der Waals surface area contributed by atoms with Gasteiger partial charge in [0.25, 0.3) is 0 Å². The van der Waals surface area contributed by atoms with Crippen molar-refractivity contribution in [3.63, 3.8) is 0 Å². The number of aliphatic hydroxyl groups is 1. The molecule has 6 nitrogen and oxygen atoms in total. The molecule has 3 rings (SSSR count). The highest BCUT2D eigenvalue weighted by Crippen LogP contribution is 2.25. The zero-order valence-corrected chi connectivity index (χ0v) is 13.2. The lowest BCUT2D eigenvalue weighted by Gasteiger charge is -2.22. The van der Waals surface area contributed by atoms with Gasteiger partial charge in [0.2, 0.25) is 5.89 Å². The van der Waals surface area contributed by atoms with Crippen molar-refractivity contribution in [2.45, 2.75) is 38.8 Å². The maximum atomic E-state index is 9.46. The van der Waals surface area contributed by atoms with Crippen LogP contribution in [0, 0.1) is 0 Å². The first-order valence-electron chi connectivity index (χ1n) is 7.77. The molecule has 0 radical (unpaired) electrons. The van der Waals surface area contributed by atoms with Crippen molar-refractivity contribution in [2.24, 2.45) is 0 Å². The van der Waals surface area contributed by atoms with Gasteiger partial charge in [-0.15, -0.1) is 0 Å². The summed E-state index contributed by atoms with van der Waals surface area (Å²) in [7, 11) is 1.62. The number of methoxy groups -OCH3 is 1. The van der Waals surface area contributed by atoms with Gasteiger partial charge in [-0.25, -0.2) is 4.98 Å². The third-order valence-electron chi connectivity index (χ3n) is 3.80. The Labute approximate surface area is 135 Å². The summed E-state index contributed by atoms with van der Waals surface area (Å²) < 4.78 is 22.0. The first-order chi connectivity index (χ1) is 11.3. The third-order valence-corrected chi connectivity index (χ3v) is 3.80. The summed E-state index contributed by atoms with van der Waals surface area (Å²) in [6.45, 7) is 0.779. The second-order valence-corrected chi connectivity index (χ2v) is 5.38. The van der Waals surface area contributed by atoms with Gasteiger partial charge in [-0.1, -0.05) is 0 Å². The molecule has 1 aromatic heterocycles. The second kappa shape index (κ2) is 7.59. The van der Waals surface area contributed by atoms with E-state index in [4.69, 9.17) is 18.6 Å². The van der Waals surface area contributed by atoms with Gasteiger partial charge in [-0.3, -0.25) is 0 Å². The molecule has 2 heterocycles. The monoisotopic (exact) mass is 319 g/mol. The molecule has 1 N–H and O–H groups in total. The maximum Gasteiger partial charge on any atom is 0.226 e. The second-order valence-electron chi connectivity index (χ2n) is 5.38. The van der Waals surface area contributed by atoms with Gasteiger partial charge in [0.05, 0.1) is 13.7 Å². The molecule has 1 aromatic carbocycles. The van der Waals surface area contributed by atoms with E-state index in [0.717, 1.165) is 37.2 Å². The molecule has 1 aliphatic rings. The predicted molar refractivity (Wildman–Crippen MR) is 82.8 cm³/mol. The molecule has 1 atom stereocenters. The van der Waals surface area contributed by atoms with E-state index < -0.39 is 0 Å². The Kier molecular flexibility index (Phi) is 5.27. The van der Waals surface area contributed by atoms with Crippen molar-refractivity contribution >= 4 is 0 Å². The van der Waals surface area contributed by atoms with Crippen molar-refractivity contribution < 1.29 is 23.7 Å². The number of nitrogens with zero attached hydrogens (tertiary/aromatic N) is 1. The summed E-state index contributed by atoms with van der Waals surface area (Å²) in [6, 6.07) is 7.40. The van der Waals surface area contributed by atoms with Gasteiger partial charge in [0.1, 0.15) is 18.1 Å². The summed E-state index contributed by atoms with van der Waals surface area (Å²) in [4.78, 5) is 4.44. The highest BCUT2D eigenvalue weighted by atomic mass is 16.7. The van der Waals surface area contributed by atoms with Gasteiger partial charge in [-0.05, 0) is 43.5 Å². The summed E-state index contributed by atoms with van der Waals surface area (Å²) in [5.74, 6) is 1.65. The van der Waals surface area contributed by atoms with Crippen LogP contribution < -0.4 is 4.74 Å². The lowest BCUT2D eigenvalue weighted by Crippen LogP contribution is -2.22. The van der Waals surface area contributed by atoms with Crippen LogP contribution >= 0.6 is 0 Å². The van der Waals surface area contributed by atoms with Crippen LogP contribution in [0.3, 0.4) is 0 Å². The topological polar surface area (TPSA) is 74.0 Å². The van der Waals surface area contributed by atoms with Gasteiger partial charge < -0.3 is 23.7 Å². The number of hydrogen-bond acceptors (Lipinski definition) is 6. The predicted octanol–water partition coefficient (Wildman–Crippen LogP) is 2.89. The third kappa shape index (κ3) is 3.90. The Morgan fingerprint density at radius 2 is 2.09 bits per heavy atom. The number of benzene rings is 1. The maximum absolute atomic E-state index is 9.46. The van der Waals surface area contributed by atoms with Crippen LogP contribution in [0.5, 0.6) is 5.75 Å². The molecule has 1 fully saturated rings. The van der Waals surface area contributed by atoms with Crippen LogP contribution in [0.2, 0.25) is 0 Å². The van der Waals surface area contributed by atoms with E-state index >= 15 is 0 Å². The summed E-state index contributed by atoms with van der Waals surface area (Å²) in [6.07, 6.45) is 2.87. The fourth-order valence-electron chi connectivity index (χ4n) is 2.49.